The fourth-order valence-corrected chi connectivity index (χ4v) is 3.35. The van der Waals surface area contributed by atoms with E-state index in [1.54, 1.807) is 4.68 Å². The molecule has 0 fully saturated rings. The first kappa shape index (κ1) is 15.3. The minimum Gasteiger partial charge on any atom is -0.486 e. The van der Waals surface area contributed by atoms with Gasteiger partial charge in [0.2, 0.25) is 0 Å². The number of nitrogens with one attached hydrogen (secondary N) is 1. The number of rotatable bonds is 2. The number of aryl methyl sites for hydroxylation is 1. The first-order valence-electron chi connectivity index (χ1n) is 8.27. The highest BCUT2D eigenvalue weighted by molar-refractivity contribution is 6.31. The Bertz CT molecular complexity index is 1130. The summed E-state index contributed by atoms with van der Waals surface area (Å²) in [5, 5.41) is 5.30. The van der Waals surface area contributed by atoms with Crippen LogP contribution in [0.25, 0.3) is 33.7 Å². The zero-order chi connectivity index (χ0) is 17.7. The minimum absolute atomic E-state index is 0.551. The second-order valence-corrected chi connectivity index (χ2v) is 6.61. The highest BCUT2D eigenvalue weighted by Crippen LogP contribution is 2.37. The first-order chi connectivity index (χ1) is 12.7. The molecule has 2 aromatic heterocycles. The Labute approximate surface area is 154 Å². The van der Waals surface area contributed by atoms with E-state index in [4.69, 9.17) is 21.1 Å². The Hall–Kier alpha value is -2.99. The molecule has 0 saturated carbocycles. The third-order valence-electron chi connectivity index (χ3n) is 4.34. The van der Waals surface area contributed by atoms with E-state index in [0.29, 0.717) is 18.2 Å². The number of halogens is 1. The van der Waals surface area contributed by atoms with Gasteiger partial charge in [-0.2, -0.15) is 5.10 Å². The Morgan fingerprint density at radius 2 is 1.92 bits per heavy atom. The van der Waals surface area contributed by atoms with E-state index in [1.807, 2.05) is 49.6 Å². The molecule has 5 rings (SSSR count). The molecule has 26 heavy (non-hydrogen) atoms. The second kappa shape index (κ2) is 5.78. The van der Waals surface area contributed by atoms with E-state index in [9.17, 15) is 0 Å². The van der Waals surface area contributed by atoms with Crippen molar-refractivity contribution in [2.75, 3.05) is 13.2 Å². The van der Waals surface area contributed by atoms with E-state index >= 15 is 0 Å². The van der Waals surface area contributed by atoms with Gasteiger partial charge in [0.1, 0.15) is 24.7 Å². The van der Waals surface area contributed by atoms with Gasteiger partial charge in [-0.05, 0) is 36.4 Å². The van der Waals surface area contributed by atoms with Crippen molar-refractivity contribution in [1.29, 1.82) is 0 Å². The molecule has 0 saturated heterocycles. The maximum atomic E-state index is 6.08. The van der Waals surface area contributed by atoms with Crippen LogP contribution in [-0.2, 0) is 7.05 Å². The molecular weight excluding hydrogens is 352 g/mol. The van der Waals surface area contributed by atoms with Crippen LogP contribution >= 0.6 is 11.6 Å². The molecule has 130 valence electrons. The second-order valence-electron chi connectivity index (χ2n) is 6.17. The van der Waals surface area contributed by atoms with E-state index in [-0.39, 0.29) is 0 Å². The molecule has 0 aliphatic carbocycles. The van der Waals surface area contributed by atoms with Gasteiger partial charge in [-0.15, -0.1) is 0 Å². The largest absolute Gasteiger partial charge is 0.486 e. The van der Waals surface area contributed by atoms with Gasteiger partial charge in [0, 0.05) is 23.8 Å². The number of aromatic amines is 1. The average Bonchev–Trinajstić information content (AvgIpc) is 3.24. The molecule has 1 aliphatic rings. The highest BCUT2D eigenvalue weighted by atomic mass is 35.5. The van der Waals surface area contributed by atoms with Crippen LogP contribution in [0.1, 0.15) is 0 Å². The Morgan fingerprint density at radius 3 is 2.81 bits per heavy atom. The zero-order valence-corrected chi connectivity index (χ0v) is 14.7. The number of nitrogens with zero attached hydrogens (tertiary/aromatic N) is 3. The normalized spacial score (nSPS) is 13.3. The summed E-state index contributed by atoms with van der Waals surface area (Å²) in [7, 11) is 1.89. The smallest absolute Gasteiger partial charge is 0.162 e. The van der Waals surface area contributed by atoms with Gasteiger partial charge >= 0.3 is 0 Å². The van der Waals surface area contributed by atoms with Crippen LogP contribution in [0.3, 0.4) is 0 Å². The first-order valence-corrected chi connectivity index (χ1v) is 8.64. The number of H-pyrrole nitrogens is 1. The minimum atomic E-state index is 0.551. The summed E-state index contributed by atoms with van der Waals surface area (Å²) in [5.74, 6) is 2.25. The standard InChI is InChI=1S/C19H15ClN4O2/c1-24-10-13(19-21-14-4-3-12(20)9-15(14)22-19)18(23-24)11-2-5-16-17(8-11)26-7-6-25-16/h2-5,8-10H,6-7H2,1H3,(H,21,22). The predicted octanol–water partition coefficient (Wildman–Crippen LogP) is 4.06. The summed E-state index contributed by atoms with van der Waals surface area (Å²) >= 11 is 6.08. The zero-order valence-electron chi connectivity index (χ0n) is 14.0. The van der Waals surface area contributed by atoms with Gasteiger partial charge in [0.25, 0.3) is 0 Å². The number of hydrogen-bond donors (Lipinski definition) is 1. The van der Waals surface area contributed by atoms with Crippen LogP contribution in [-0.4, -0.2) is 33.0 Å². The van der Waals surface area contributed by atoms with Crippen LogP contribution < -0.4 is 9.47 Å². The summed E-state index contributed by atoms with van der Waals surface area (Å²) in [6, 6.07) is 11.5. The van der Waals surface area contributed by atoms with Crippen molar-refractivity contribution in [1.82, 2.24) is 19.7 Å². The molecule has 1 N–H and O–H groups in total. The van der Waals surface area contributed by atoms with Crippen molar-refractivity contribution in [2.45, 2.75) is 0 Å². The SMILES string of the molecule is Cn1cc(-c2nc3ccc(Cl)cc3[nH]2)c(-c2ccc3c(c2)OCCO3)n1. The summed E-state index contributed by atoms with van der Waals surface area (Å²) in [6.07, 6.45) is 1.95. The number of fused-ring (bicyclic) bond motifs is 2. The topological polar surface area (TPSA) is 65.0 Å². The molecule has 0 amide bonds. The van der Waals surface area contributed by atoms with Crippen LogP contribution in [0, 0.1) is 0 Å². The third kappa shape index (κ3) is 2.50. The molecule has 6 nitrogen and oxygen atoms in total. The van der Waals surface area contributed by atoms with Crippen LogP contribution in [0.4, 0.5) is 0 Å². The quantitative estimate of drug-likeness (QED) is 0.581. The molecule has 3 heterocycles. The molecule has 0 unspecified atom stereocenters. The van der Waals surface area contributed by atoms with Crippen molar-refractivity contribution in [3.8, 4) is 34.1 Å². The lowest BCUT2D eigenvalue weighted by molar-refractivity contribution is 0.171. The lowest BCUT2D eigenvalue weighted by atomic mass is 10.1. The van der Waals surface area contributed by atoms with Crippen LogP contribution in [0.2, 0.25) is 5.02 Å². The summed E-state index contributed by atoms with van der Waals surface area (Å²) in [5.41, 5.74) is 4.44. The number of benzene rings is 2. The molecule has 7 heteroatoms. The fraction of sp³-hybridized carbons (Fsp3) is 0.158. The van der Waals surface area contributed by atoms with Gasteiger partial charge in [0.15, 0.2) is 11.5 Å². The van der Waals surface area contributed by atoms with E-state index < -0.39 is 0 Å². The average molecular weight is 367 g/mol. The molecule has 0 spiro atoms. The summed E-state index contributed by atoms with van der Waals surface area (Å²) < 4.78 is 13.1. The van der Waals surface area contributed by atoms with Crippen LogP contribution in [0.15, 0.2) is 42.6 Å². The van der Waals surface area contributed by atoms with Gasteiger partial charge in [-0.25, -0.2) is 4.98 Å². The maximum Gasteiger partial charge on any atom is 0.162 e. The number of hydrogen-bond acceptors (Lipinski definition) is 4. The molecular formula is C19H15ClN4O2. The van der Waals surface area contributed by atoms with Gasteiger partial charge in [-0.1, -0.05) is 11.6 Å². The number of ether oxygens (including phenoxy) is 2. The van der Waals surface area contributed by atoms with Gasteiger partial charge in [-0.3, -0.25) is 4.68 Å². The van der Waals surface area contributed by atoms with Crippen molar-refractivity contribution < 1.29 is 9.47 Å². The lowest BCUT2D eigenvalue weighted by Gasteiger charge is -2.18. The number of aromatic nitrogens is 4. The van der Waals surface area contributed by atoms with Crippen molar-refractivity contribution in [2.24, 2.45) is 7.05 Å². The van der Waals surface area contributed by atoms with Crippen molar-refractivity contribution in [3.63, 3.8) is 0 Å². The highest BCUT2D eigenvalue weighted by Gasteiger charge is 2.19. The monoisotopic (exact) mass is 366 g/mol. The van der Waals surface area contributed by atoms with E-state index in [2.05, 4.69) is 15.1 Å². The molecule has 0 atom stereocenters. The maximum absolute atomic E-state index is 6.08. The molecule has 0 bridgehead atoms. The Balaban J connectivity index is 1.64. The van der Waals surface area contributed by atoms with Gasteiger partial charge < -0.3 is 14.5 Å². The predicted molar refractivity (Wildman–Crippen MR) is 99.7 cm³/mol. The lowest BCUT2D eigenvalue weighted by Crippen LogP contribution is -2.15. The third-order valence-corrected chi connectivity index (χ3v) is 4.58. The van der Waals surface area contributed by atoms with Crippen molar-refractivity contribution >= 4 is 22.6 Å². The van der Waals surface area contributed by atoms with Crippen LogP contribution in [0.5, 0.6) is 11.5 Å². The molecule has 0 radical (unpaired) electrons. The van der Waals surface area contributed by atoms with Crippen molar-refractivity contribution in [3.05, 3.63) is 47.6 Å². The Kier molecular flexibility index (Phi) is 3.39. The summed E-state index contributed by atoms with van der Waals surface area (Å²) in [6.45, 7) is 1.12. The molecule has 2 aromatic carbocycles. The van der Waals surface area contributed by atoms with E-state index in [0.717, 1.165) is 45.2 Å². The van der Waals surface area contributed by atoms with E-state index in [1.165, 1.54) is 0 Å². The van der Waals surface area contributed by atoms with Gasteiger partial charge in [0.05, 0.1) is 16.6 Å². The Morgan fingerprint density at radius 1 is 1.08 bits per heavy atom. The molecule has 4 aromatic rings. The number of imidazole rings is 1. The molecule has 1 aliphatic heterocycles. The summed E-state index contributed by atoms with van der Waals surface area (Å²) in [4.78, 5) is 8.02. The fourth-order valence-electron chi connectivity index (χ4n) is 3.18.